The molecule has 5 heteroatoms. The van der Waals surface area contributed by atoms with Gasteiger partial charge >= 0.3 is 0 Å². The van der Waals surface area contributed by atoms with Gasteiger partial charge in [0.25, 0.3) is 0 Å². The average molecular weight is 306 g/mol. The van der Waals surface area contributed by atoms with Crippen molar-refractivity contribution in [2.75, 3.05) is 0 Å². The summed E-state index contributed by atoms with van der Waals surface area (Å²) in [7, 11) is 0. The minimum Gasteiger partial charge on any atom is -0.367 e. The zero-order chi connectivity index (χ0) is 14.5. The summed E-state index contributed by atoms with van der Waals surface area (Å²) in [4.78, 5) is 12.3. The number of hydrogen-bond acceptors (Lipinski definition) is 3. The number of nitrogens with one attached hydrogen (secondary N) is 1. The predicted octanol–water partition coefficient (Wildman–Crippen LogP) is 2.81. The molecule has 0 spiro atoms. The first-order valence-corrected chi connectivity index (χ1v) is 6.70. The highest BCUT2D eigenvalue weighted by atomic mass is 35.5. The van der Waals surface area contributed by atoms with Crippen molar-refractivity contribution in [2.45, 2.75) is 6.23 Å². The Hall–Kier alpha value is -1.75. The number of aliphatic hydroxyl groups is 1. The van der Waals surface area contributed by atoms with Crippen molar-refractivity contribution in [3.63, 3.8) is 0 Å². The normalized spacial score (nSPS) is 11.7. The number of halogens is 1. The van der Waals surface area contributed by atoms with Gasteiger partial charge in [-0.25, -0.2) is 0 Å². The number of aliphatic hydroxyl groups excluding tert-OH is 1. The maximum absolute atomic E-state index is 12.0. The van der Waals surface area contributed by atoms with Gasteiger partial charge in [-0.1, -0.05) is 66.3 Å². The minimum absolute atomic E-state index is 0.290. The maximum atomic E-state index is 12.0. The molecule has 0 fully saturated rings. The van der Waals surface area contributed by atoms with Crippen molar-refractivity contribution < 1.29 is 9.90 Å². The van der Waals surface area contributed by atoms with Gasteiger partial charge in [-0.3, -0.25) is 4.79 Å². The summed E-state index contributed by atoms with van der Waals surface area (Å²) in [5.41, 5.74) is 1.11. The fourth-order valence-corrected chi connectivity index (χ4v) is 2.01. The zero-order valence-corrected chi connectivity index (χ0v) is 12.0. The van der Waals surface area contributed by atoms with Crippen LogP contribution < -0.4 is 5.32 Å². The van der Waals surface area contributed by atoms with E-state index >= 15 is 0 Å². The third kappa shape index (κ3) is 3.63. The lowest BCUT2D eigenvalue weighted by Gasteiger charge is -2.14. The SMILES string of the molecule is O=C(c1ccccc1)[C@@H](O)NC(=S)c1ccc(Cl)cc1. The van der Waals surface area contributed by atoms with E-state index in [0.717, 1.165) is 0 Å². The molecule has 0 saturated carbocycles. The van der Waals surface area contributed by atoms with Crippen LogP contribution in [0.1, 0.15) is 15.9 Å². The smallest absolute Gasteiger partial charge is 0.211 e. The largest absolute Gasteiger partial charge is 0.367 e. The van der Waals surface area contributed by atoms with Crippen molar-refractivity contribution in [3.05, 3.63) is 70.7 Å². The van der Waals surface area contributed by atoms with E-state index in [0.29, 0.717) is 21.1 Å². The number of thiocarbonyl (C=S) groups is 1. The number of ketones is 1. The summed E-state index contributed by atoms with van der Waals surface area (Å²) in [5.74, 6) is -0.429. The van der Waals surface area contributed by atoms with E-state index in [1.165, 1.54) is 0 Å². The highest BCUT2D eigenvalue weighted by molar-refractivity contribution is 7.80. The Balaban J connectivity index is 2.04. The molecule has 2 N–H and O–H groups in total. The average Bonchev–Trinajstić information content (AvgIpc) is 2.48. The number of carbonyl (C=O) groups excluding carboxylic acids is 1. The topological polar surface area (TPSA) is 49.3 Å². The van der Waals surface area contributed by atoms with Crippen molar-refractivity contribution in [1.29, 1.82) is 0 Å². The van der Waals surface area contributed by atoms with Gasteiger partial charge in [0.15, 0.2) is 6.23 Å². The van der Waals surface area contributed by atoms with Gasteiger partial charge < -0.3 is 10.4 Å². The Bertz CT molecular complexity index is 614. The van der Waals surface area contributed by atoms with Crippen molar-refractivity contribution in [2.24, 2.45) is 0 Å². The molecule has 0 aliphatic heterocycles. The molecule has 0 saturated heterocycles. The molecule has 0 heterocycles. The van der Waals surface area contributed by atoms with Crippen LogP contribution in [0.2, 0.25) is 5.02 Å². The van der Waals surface area contributed by atoms with Crippen LogP contribution in [0.25, 0.3) is 0 Å². The Kier molecular flexibility index (Phi) is 4.84. The molecule has 0 bridgehead atoms. The molecule has 2 aromatic carbocycles. The first-order valence-electron chi connectivity index (χ1n) is 5.91. The van der Waals surface area contributed by atoms with E-state index in [9.17, 15) is 9.90 Å². The predicted molar refractivity (Wildman–Crippen MR) is 83.1 cm³/mol. The van der Waals surface area contributed by atoms with Crippen LogP contribution in [0.15, 0.2) is 54.6 Å². The standard InChI is InChI=1S/C15H12ClNO2S/c16-12-8-6-11(7-9-12)15(20)17-14(19)13(18)10-4-2-1-3-5-10/h1-9,14,19H,(H,17,20)/t14-/m1/s1. The molecule has 2 rings (SSSR count). The minimum atomic E-state index is -1.37. The molecule has 0 unspecified atom stereocenters. The van der Waals surface area contributed by atoms with E-state index in [2.05, 4.69) is 5.32 Å². The third-order valence-electron chi connectivity index (χ3n) is 2.68. The molecule has 2 aromatic rings. The van der Waals surface area contributed by atoms with Gasteiger partial charge in [-0.15, -0.1) is 0 Å². The second-order valence-corrected chi connectivity index (χ2v) is 4.96. The van der Waals surface area contributed by atoms with Crippen LogP contribution in [0.5, 0.6) is 0 Å². The molecular formula is C15H12ClNO2S. The first kappa shape index (κ1) is 14.7. The van der Waals surface area contributed by atoms with Crippen molar-refractivity contribution >= 4 is 34.6 Å². The number of carbonyl (C=O) groups is 1. The van der Waals surface area contributed by atoms with Gasteiger partial charge in [0.1, 0.15) is 4.99 Å². The maximum Gasteiger partial charge on any atom is 0.211 e. The monoisotopic (exact) mass is 305 g/mol. The van der Waals surface area contributed by atoms with E-state index in [4.69, 9.17) is 23.8 Å². The quantitative estimate of drug-likeness (QED) is 0.518. The summed E-state index contributed by atoms with van der Waals surface area (Å²) < 4.78 is 0. The van der Waals surface area contributed by atoms with E-state index in [1.807, 2.05) is 0 Å². The molecular weight excluding hydrogens is 294 g/mol. The molecule has 0 aliphatic rings. The summed E-state index contributed by atoms with van der Waals surface area (Å²) in [6.07, 6.45) is -1.37. The van der Waals surface area contributed by atoms with Crippen LogP contribution in [-0.4, -0.2) is 22.1 Å². The number of benzene rings is 2. The van der Waals surface area contributed by atoms with Crippen LogP contribution in [0, 0.1) is 0 Å². The van der Waals surface area contributed by atoms with E-state index in [1.54, 1.807) is 54.6 Å². The Morgan fingerprint density at radius 2 is 1.65 bits per heavy atom. The first-order chi connectivity index (χ1) is 9.58. The Morgan fingerprint density at radius 3 is 2.25 bits per heavy atom. The van der Waals surface area contributed by atoms with Crippen LogP contribution in [0.3, 0.4) is 0 Å². The molecule has 0 aliphatic carbocycles. The zero-order valence-electron chi connectivity index (χ0n) is 10.4. The molecule has 102 valence electrons. The lowest BCUT2D eigenvalue weighted by molar-refractivity contribution is 0.0721. The van der Waals surface area contributed by atoms with Crippen LogP contribution >= 0.6 is 23.8 Å². The third-order valence-corrected chi connectivity index (χ3v) is 3.29. The Morgan fingerprint density at radius 1 is 1.05 bits per heavy atom. The van der Waals surface area contributed by atoms with Gasteiger partial charge in [0.2, 0.25) is 5.78 Å². The summed E-state index contributed by atoms with van der Waals surface area (Å²) in [5, 5.41) is 13.1. The lowest BCUT2D eigenvalue weighted by atomic mass is 10.1. The van der Waals surface area contributed by atoms with E-state index < -0.39 is 12.0 Å². The number of hydrogen-bond donors (Lipinski definition) is 2. The Labute approximate surface area is 127 Å². The number of rotatable bonds is 4. The summed E-state index contributed by atoms with van der Waals surface area (Å²) >= 11 is 10.9. The van der Waals surface area contributed by atoms with Crippen molar-refractivity contribution in [1.82, 2.24) is 5.32 Å². The highest BCUT2D eigenvalue weighted by Gasteiger charge is 2.18. The van der Waals surface area contributed by atoms with Gasteiger partial charge in [0.05, 0.1) is 0 Å². The van der Waals surface area contributed by atoms with Crippen LogP contribution in [-0.2, 0) is 0 Å². The summed E-state index contributed by atoms with van der Waals surface area (Å²) in [6.45, 7) is 0. The fraction of sp³-hybridized carbons (Fsp3) is 0.0667. The second-order valence-electron chi connectivity index (χ2n) is 4.11. The second kappa shape index (κ2) is 6.61. The van der Waals surface area contributed by atoms with Gasteiger partial charge in [-0.2, -0.15) is 0 Å². The van der Waals surface area contributed by atoms with Gasteiger partial charge in [-0.05, 0) is 12.1 Å². The van der Waals surface area contributed by atoms with Gasteiger partial charge in [0, 0.05) is 16.1 Å². The lowest BCUT2D eigenvalue weighted by Crippen LogP contribution is -2.40. The fourth-order valence-electron chi connectivity index (χ4n) is 1.63. The van der Waals surface area contributed by atoms with Crippen molar-refractivity contribution in [3.8, 4) is 0 Å². The molecule has 0 amide bonds. The molecule has 20 heavy (non-hydrogen) atoms. The molecule has 3 nitrogen and oxygen atoms in total. The molecule has 0 radical (unpaired) electrons. The highest BCUT2D eigenvalue weighted by Crippen LogP contribution is 2.10. The molecule has 1 atom stereocenters. The summed E-state index contributed by atoms with van der Waals surface area (Å²) in [6, 6.07) is 15.4. The van der Waals surface area contributed by atoms with E-state index in [-0.39, 0.29) is 0 Å². The van der Waals surface area contributed by atoms with Crippen LogP contribution in [0.4, 0.5) is 0 Å². The number of Topliss-reactive ketones (excluding diaryl/α,β-unsaturated/α-hetero) is 1. The molecule has 0 aromatic heterocycles.